The average Bonchev–Trinajstić information content (AvgIpc) is 2.95. The van der Waals surface area contributed by atoms with E-state index in [9.17, 15) is 18.0 Å². The standard InChI is InChI=1S/C16H15F3N2O3/c1-8-2-3-11-10(4-8)13(6-14(21-11)16(17,18)19)24-9-5-12(15(22)23)20-7-9/h2-4,6,9,12,20H,5,7H2,1H3,(H,22,23)/t9-,12?/m1/s1. The van der Waals surface area contributed by atoms with Crippen LogP contribution in [0.5, 0.6) is 5.75 Å². The highest BCUT2D eigenvalue weighted by atomic mass is 19.4. The van der Waals surface area contributed by atoms with Crippen LogP contribution in [-0.2, 0) is 11.0 Å². The van der Waals surface area contributed by atoms with Crippen molar-refractivity contribution in [2.24, 2.45) is 0 Å². The van der Waals surface area contributed by atoms with Crippen molar-refractivity contribution in [1.29, 1.82) is 0 Å². The first-order chi connectivity index (χ1) is 11.2. The van der Waals surface area contributed by atoms with Crippen molar-refractivity contribution in [3.63, 3.8) is 0 Å². The highest BCUT2D eigenvalue weighted by molar-refractivity contribution is 5.86. The summed E-state index contributed by atoms with van der Waals surface area (Å²) >= 11 is 0. The number of hydrogen-bond donors (Lipinski definition) is 2. The summed E-state index contributed by atoms with van der Waals surface area (Å²) in [6.07, 6.45) is -4.92. The van der Waals surface area contributed by atoms with Gasteiger partial charge in [0.1, 0.15) is 23.6 Å². The minimum absolute atomic E-state index is 0.0638. The lowest BCUT2D eigenvalue weighted by atomic mass is 10.1. The molecular weight excluding hydrogens is 325 g/mol. The molecule has 1 aromatic carbocycles. The molecule has 2 atom stereocenters. The van der Waals surface area contributed by atoms with Crippen molar-refractivity contribution < 1.29 is 27.8 Å². The number of ether oxygens (including phenoxy) is 1. The summed E-state index contributed by atoms with van der Waals surface area (Å²) in [7, 11) is 0. The van der Waals surface area contributed by atoms with Crippen LogP contribution in [-0.4, -0.2) is 34.8 Å². The SMILES string of the molecule is Cc1ccc2nc(C(F)(F)F)cc(O[C@H]3CNC(C(=O)O)C3)c2c1. The predicted octanol–water partition coefficient (Wildman–Crippen LogP) is 2.76. The summed E-state index contributed by atoms with van der Waals surface area (Å²) in [5.74, 6) is -0.943. The van der Waals surface area contributed by atoms with Crippen LogP contribution in [0.15, 0.2) is 24.3 Å². The Bertz CT molecular complexity index is 792. The van der Waals surface area contributed by atoms with E-state index < -0.39 is 30.0 Å². The summed E-state index contributed by atoms with van der Waals surface area (Å²) in [6, 6.07) is 5.01. The number of nitrogens with zero attached hydrogens (tertiary/aromatic N) is 1. The number of aryl methyl sites for hydroxylation is 1. The van der Waals surface area contributed by atoms with Gasteiger partial charge in [0, 0.05) is 24.4 Å². The van der Waals surface area contributed by atoms with E-state index in [4.69, 9.17) is 9.84 Å². The number of benzene rings is 1. The molecular formula is C16H15F3N2O3. The highest BCUT2D eigenvalue weighted by Crippen LogP contribution is 2.35. The Kier molecular flexibility index (Phi) is 4.08. The Balaban J connectivity index is 1.99. The van der Waals surface area contributed by atoms with Gasteiger partial charge in [-0.25, -0.2) is 4.98 Å². The largest absolute Gasteiger partial charge is 0.488 e. The van der Waals surface area contributed by atoms with Crippen molar-refractivity contribution in [2.75, 3.05) is 6.54 Å². The lowest BCUT2D eigenvalue weighted by molar-refractivity contribution is -0.141. The Morgan fingerprint density at radius 2 is 2.12 bits per heavy atom. The molecule has 24 heavy (non-hydrogen) atoms. The summed E-state index contributed by atoms with van der Waals surface area (Å²) in [4.78, 5) is 14.6. The maximum Gasteiger partial charge on any atom is 0.433 e. The molecule has 1 fully saturated rings. The third kappa shape index (κ3) is 3.28. The zero-order chi connectivity index (χ0) is 17.5. The van der Waals surface area contributed by atoms with Gasteiger partial charge in [0.05, 0.1) is 5.52 Å². The molecule has 1 aliphatic heterocycles. The fraction of sp³-hybridized carbons (Fsp3) is 0.375. The van der Waals surface area contributed by atoms with E-state index in [1.165, 1.54) is 6.07 Å². The molecule has 2 aromatic rings. The molecule has 0 radical (unpaired) electrons. The normalized spacial score (nSPS) is 21.2. The van der Waals surface area contributed by atoms with Gasteiger partial charge in [0.15, 0.2) is 0 Å². The lowest BCUT2D eigenvalue weighted by Crippen LogP contribution is -2.30. The summed E-state index contributed by atoms with van der Waals surface area (Å²) in [6.45, 7) is 2.08. The van der Waals surface area contributed by atoms with Crippen molar-refractivity contribution in [2.45, 2.75) is 31.7 Å². The van der Waals surface area contributed by atoms with Crippen LogP contribution < -0.4 is 10.1 Å². The Hall–Kier alpha value is -2.35. The number of pyridine rings is 1. The predicted molar refractivity (Wildman–Crippen MR) is 79.9 cm³/mol. The topological polar surface area (TPSA) is 71.5 Å². The number of aromatic nitrogens is 1. The molecule has 0 spiro atoms. The second-order valence-electron chi connectivity index (χ2n) is 5.80. The highest BCUT2D eigenvalue weighted by Gasteiger charge is 2.35. The molecule has 0 saturated carbocycles. The Labute approximate surface area is 135 Å². The molecule has 1 unspecified atom stereocenters. The number of carboxylic acids is 1. The molecule has 1 aromatic heterocycles. The van der Waals surface area contributed by atoms with Gasteiger partial charge >= 0.3 is 12.1 Å². The number of hydrogen-bond acceptors (Lipinski definition) is 4. The third-order valence-corrected chi connectivity index (χ3v) is 3.90. The number of carbonyl (C=O) groups is 1. The number of alkyl halides is 3. The average molecular weight is 340 g/mol. The second-order valence-corrected chi connectivity index (χ2v) is 5.80. The van der Waals surface area contributed by atoms with E-state index >= 15 is 0 Å². The van der Waals surface area contributed by atoms with Crippen LogP contribution in [0.4, 0.5) is 13.2 Å². The summed E-state index contributed by atoms with van der Waals surface area (Å²) in [5.41, 5.74) is 0.0163. The molecule has 1 aliphatic rings. The zero-order valence-corrected chi connectivity index (χ0v) is 12.7. The number of nitrogens with one attached hydrogen (secondary N) is 1. The van der Waals surface area contributed by atoms with Gasteiger partial charge in [-0.15, -0.1) is 0 Å². The molecule has 2 N–H and O–H groups in total. The molecule has 128 valence electrons. The van der Waals surface area contributed by atoms with E-state index in [0.717, 1.165) is 11.6 Å². The third-order valence-electron chi connectivity index (χ3n) is 3.90. The minimum Gasteiger partial charge on any atom is -0.488 e. The molecule has 0 bridgehead atoms. The number of carboxylic acid groups (broad SMARTS) is 1. The van der Waals surface area contributed by atoms with Crippen molar-refractivity contribution in [3.05, 3.63) is 35.5 Å². The first-order valence-electron chi connectivity index (χ1n) is 7.35. The number of fused-ring (bicyclic) bond motifs is 1. The van der Waals surface area contributed by atoms with Crippen LogP contribution in [0.1, 0.15) is 17.7 Å². The molecule has 0 amide bonds. The van der Waals surface area contributed by atoms with E-state index in [1.807, 2.05) is 6.92 Å². The van der Waals surface area contributed by atoms with E-state index in [1.54, 1.807) is 12.1 Å². The smallest absolute Gasteiger partial charge is 0.433 e. The van der Waals surface area contributed by atoms with Crippen molar-refractivity contribution >= 4 is 16.9 Å². The number of halogens is 3. The second kappa shape index (κ2) is 5.94. The quantitative estimate of drug-likeness (QED) is 0.899. The fourth-order valence-corrected chi connectivity index (χ4v) is 2.71. The van der Waals surface area contributed by atoms with Crippen molar-refractivity contribution in [3.8, 4) is 5.75 Å². The Morgan fingerprint density at radius 3 is 2.75 bits per heavy atom. The van der Waals surface area contributed by atoms with E-state index in [2.05, 4.69) is 10.3 Å². The van der Waals surface area contributed by atoms with Gasteiger partial charge in [0.25, 0.3) is 0 Å². The first kappa shape index (κ1) is 16.5. The monoisotopic (exact) mass is 340 g/mol. The van der Waals surface area contributed by atoms with Crippen LogP contribution in [0.25, 0.3) is 10.9 Å². The van der Waals surface area contributed by atoms with Gasteiger partial charge in [-0.3, -0.25) is 4.79 Å². The number of rotatable bonds is 3. The zero-order valence-electron chi connectivity index (χ0n) is 12.7. The van der Waals surface area contributed by atoms with Gasteiger partial charge in [-0.05, 0) is 19.1 Å². The van der Waals surface area contributed by atoms with Gasteiger partial charge in [-0.2, -0.15) is 13.2 Å². The lowest BCUT2D eigenvalue weighted by Gasteiger charge is -2.17. The fourth-order valence-electron chi connectivity index (χ4n) is 2.71. The first-order valence-corrected chi connectivity index (χ1v) is 7.35. The molecule has 1 saturated heterocycles. The molecule has 0 aliphatic carbocycles. The van der Waals surface area contributed by atoms with E-state index in [0.29, 0.717) is 5.39 Å². The van der Waals surface area contributed by atoms with Crippen LogP contribution >= 0.6 is 0 Å². The summed E-state index contributed by atoms with van der Waals surface area (Å²) < 4.78 is 44.8. The van der Waals surface area contributed by atoms with Crippen LogP contribution in [0.2, 0.25) is 0 Å². The molecule has 2 heterocycles. The maximum atomic E-state index is 13.0. The molecule has 3 rings (SSSR count). The summed E-state index contributed by atoms with van der Waals surface area (Å²) in [5, 5.41) is 12.2. The maximum absolute atomic E-state index is 13.0. The minimum atomic E-state index is -4.59. The molecule has 5 nitrogen and oxygen atoms in total. The van der Waals surface area contributed by atoms with Crippen molar-refractivity contribution in [1.82, 2.24) is 10.3 Å². The van der Waals surface area contributed by atoms with Gasteiger partial charge < -0.3 is 15.2 Å². The van der Waals surface area contributed by atoms with E-state index in [-0.39, 0.29) is 24.2 Å². The van der Waals surface area contributed by atoms with Gasteiger partial charge in [0.2, 0.25) is 0 Å². The molecule has 8 heteroatoms. The van der Waals surface area contributed by atoms with Crippen LogP contribution in [0, 0.1) is 6.92 Å². The Morgan fingerprint density at radius 1 is 1.38 bits per heavy atom. The number of aliphatic carboxylic acids is 1. The van der Waals surface area contributed by atoms with Crippen LogP contribution in [0.3, 0.4) is 0 Å². The van der Waals surface area contributed by atoms with Gasteiger partial charge in [-0.1, -0.05) is 11.6 Å².